The minimum absolute atomic E-state index is 0.115. The molecular weight excluding hydrogens is 726 g/mol. The number of aryl methyl sites for hydroxylation is 1. The van der Waals surface area contributed by atoms with Crippen LogP contribution in [0.25, 0.3) is 0 Å². The molecule has 314 valence electrons. The molecule has 5 atom stereocenters. The third-order valence-electron chi connectivity index (χ3n) is 13.5. The number of fused-ring (bicyclic) bond motifs is 3. The zero-order chi connectivity index (χ0) is 39.7. The van der Waals surface area contributed by atoms with Crippen molar-refractivity contribution >= 4 is 24.4 Å². The van der Waals surface area contributed by atoms with E-state index in [9.17, 15) is 26.7 Å². The quantitative estimate of drug-likeness (QED) is 0.0425. The number of thioether (sulfide) groups is 1. The van der Waals surface area contributed by atoms with E-state index >= 15 is 0 Å². The molecule has 4 rings (SSSR count). The number of nitrogens with zero attached hydrogens (tertiary/aromatic N) is 1. The van der Waals surface area contributed by atoms with Crippen LogP contribution in [0.4, 0.5) is 22.0 Å². The van der Waals surface area contributed by atoms with Gasteiger partial charge in [0, 0.05) is 19.0 Å². The van der Waals surface area contributed by atoms with E-state index in [-0.39, 0.29) is 6.42 Å². The lowest BCUT2D eigenvalue weighted by atomic mass is 9.51. The van der Waals surface area contributed by atoms with E-state index in [1.54, 1.807) is 17.3 Å². The second-order valence-electron chi connectivity index (χ2n) is 17.8. The summed E-state index contributed by atoms with van der Waals surface area (Å²) >= 11 is 1.49. The van der Waals surface area contributed by atoms with Crippen molar-refractivity contribution in [3.8, 4) is 0 Å². The highest BCUT2D eigenvalue weighted by Gasteiger charge is 2.56. The molecule has 1 aromatic rings. The standard InChI is InChI=1S/C45H72F5N3OS/c1-43(2)25-22-40-39-21-20-35(16-13-18-38(23-27-52-34-54)53-28-10-8-11-29-53)32-37(39)33-36(42(40)41(43)19-14-26-51)17-9-6-4-3-5-7-12-30-55-31-15-24-44(46,47)45(48,49)50/h20-21,26,32,34,36,38,40-42,51H,3-19,22-25,27-31,33H2,1-2H3,(H,52,54)/t36-,38?,40?,41?,42?/m1/s1. The van der Waals surface area contributed by atoms with Gasteiger partial charge in [0.1, 0.15) is 0 Å². The predicted molar refractivity (Wildman–Crippen MR) is 220 cm³/mol. The fraction of sp³-hybridized carbons (Fsp3) is 0.822. The molecule has 1 amide bonds. The smallest absolute Gasteiger partial charge is 0.359 e. The zero-order valence-corrected chi connectivity index (χ0v) is 34.8. The molecule has 55 heavy (non-hydrogen) atoms. The first-order chi connectivity index (χ1) is 26.4. The number of carbonyl (C=O) groups is 1. The molecule has 1 heterocycles. The van der Waals surface area contributed by atoms with Gasteiger partial charge in [-0.15, -0.1) is 0 Å². The fourth-order valence-electron chi connectivity index (χ4n) is 10.4. The van der Waals surface area contributed by atoms with Gasteiger partial charge in [-0.05, 0) is 166 Å². The van der Waals surface area contributed by atoms with Gasteiger partial charge in [-0.1, -0.05) is 77.0 Å². The molecule has 1 saturated carbocycles. The van der Waals surface area contributed by atoms with Crippen molar-refractivity contribution in [1.82, 2.24) is 10.2 Å². The minimum Gasteiger partial charge on any atom is -0.359 e. The molecule has 3 aliphatic rings. The third-order valence-corrected chi connectivity index (χ3v) is 14.6. The molecule has 4 nitrogen and oxygen atoms in total. The summed E-state index contributed by atoms with van der Waals surface area (Å²) in [5, 5.41) is 10.7. The van der Waals surface area contributed by atoms with Gasteiger partial charge in [0.2, 0.25) is 6.41 Å². The van der Waals surface area contributed by atoms with E-state index in [4.69, 9.17) is 5.41 Å². The Morgan fingerprint density at radius 1 is 0.927 bits per heavy atom. The van der Waals surface area contributed by atoms with Gasteiger partial charge in [0.05, 0.1) is 0 Å². The van der Waals surface area contributed by atoms with Crippen LogP contribution in [-0.2, 0) is 17.6 Å². The third kappa shape index (κ3) is 14.3. The van der Waals surface area contributed by atoms with Gasteiger partial charge >= 0.3 is 12.1 Å². The first kappa shape index (κ1) is 46.0. The molecule has 1 aromatic carbocycles. The van der Waals surface area contributed by atoms with Crippen molar-refractivity contribution in [2.75, 3.05) is 31.1 Å². The van der Waals surface area contributed by atoms with Crippen LogP contribution < -0.4 is 5.32 Å². The Balaban J connectivity index is 1.26. The summed E-state index contributed by atoms with van der Waals surface area (Å²) in [5.74, 6) is -0.828. The number of hydrogen-bond donors (Lipinski definition) is 2. The monoisotopic (exact) mass is 798 g/mol. The van der Waals surface area contributed by atoms with Crippen molar-refractivity contribution in [1.29, 1.82) is 5.41 Å². The van der Waals surface area contributed by atoms with Crippen LogP contribution >= 0.6 is 11.8 Å². The first-order valence-electron chi connectivity index (χ1n) is 21.9. The number of halogens is 5. The largest absolute Gasteiger partial charge is 0.453 e. The molecule has 0 spiro atoms. The van der Waals surface area contributed by atoms with Crippen molar-refractivity contribution in [3.05, 3.63) is 34.9 Å². The summed E-state index contributed by atoms with van der Waals surface area (Å²) in [6.07, 6.45) is 19.1. The molecule has 2 fully saturated rings. The van der Waals surface area contributed by atoms with E-state index in [0.717, 1.165) is 63.7 Å². The average Bonchev–Trinajstić information content (AvgIpc) is 3.15. The van der Waals surface area contributed by atoms with E-state index in [0.29, 0.717) is 40.9 Å². The second-order valence-corrected chi connectivity index (χ2v) is 19.0. The van der Waals surface area contributed by atoms with Crippen LogP contribution in [0.2, 0.25) is 0 Å². The second kappa shape index (κ2) is 23.0. The Morgan fingerprint density at radius 3 is 2.35 bits per heavy atom. The van der Waals surface area contributed by atoms with E-state index in [1.807, 2.05) is 0 Å². The number of likely N-dealkylation sites (tertiary alicyclic amines) is 1. The maximum atomic E-state index is 13.1. The number of nitrogens with one attached hydrogen (secondary N) is 2. The predicted octanol–water partition coefficient (Wildman–Crippen LogP) is 12.6. The maximum Gasteiger partial charge on any atom is 0.453 e. The molecule has 1 aliphatic heterocycles. The SMILES string of the molecule is CC1(C)CCC2c3ccc(CCCC(CCNC=O)N4CCCCC4)cc3C[C@@H](CCCCCCCCCSCCCC(F)(F)C(F)(F)F)C2C1CCC=N. The number of alkyl halides is 5. The van der Waals surface area contributed by atoms with Crippen molar-refractivity contribution in [2.45, 2.75) is 179 Å². The molecular formula is C45H72F5N3OS. The number of amides is 1. The highest BCUT2D eigenvalue weighted by Crippen LogP contribution is 2.58. The lowest BCUT2D eigenvalue weighted by Crippen LogP contribution is -2.45. The number of hydrogen-bond acceptors (Lipinski definition) is 4. The topological polar surface area (TPSA) is 56.2 Å². The van der Waals surface area contributed by atoms with Gasteiger partial charge in [-0.25, -0.2) is 0 Å². The number of benzene rings is 1. The highest BCUT2D eigenvalue weighted by atomic mass is 32.2. The summed E-state index contributed by atoms with van der Waals surface area (Å²) in [5.41, 5.74) is 4.95. The summed E-state index contributed by atoms with van der Waals surface area (Å²) in [6.45, 7) is 8.07. The van der Waals surface area contributed by atoms with Gasteiger partial charge in [-0.3, -0.25) is 4.79 Å². The van der Waals surface area contributed by atoms with Gasteiger partial charge < -0.3 is 15.6 Å². The lowest BCUT2D eigenvalue weighted by Gasteiger charge is -2.54. The summed E-state index contributed by atoms with van der Waals surface area (Å²) < 4.78 is 63.1. The summed E-state index contributed by atoms with van der Waals surface area (Å²) in [6, 6.07) is 8.01. The lowest BCUT2D eigenvalue weighted by molar-refractivity contribution is -0.284. The molecule has 0 aromatic heterocycles. The Labute approximate surface area is 334 Å². The first-order valence-corrected chi connectivity index (χ1v) is 23.1. The van der Waals surface area contributed by atoms with Gasteiger partial charge in [-0.2, -0.15) is 33.7 Å². The number of piperidine rings is 1. The van der Waals surface area contributed by atoms with E-state index in [1.165, 1.54) is 114 Å². The maximum absolute atomic E-state index is 13.1. The number of unbranched alkanes of at least 4 members (excludes halogenated alkanes) is 6. The summed E-state index contributed by atoms with van der Waals surface area (Å²) in [7, 11) is 0. The normalized spacial score (nSPS) is 23.5. The van der Waals surface area contributed by atoms with Crippen LogP contribution in [0.5, 0.6) is 0 Å². The number of carbonyl (C=O) groups excluding carboxylic acids is 1. The van der Waals surface area contributed by atoms with Crippen molar-refractivity contribution in [3.63, 3.8) is 0 Å². The van der Waals surface area contributed by atoms with Crippen LogP contribution in [0.15, 0.2) is 18.2 Å². The van der Waals surface area contributed by atoms with Crippen LogP contribution in [0.3, 0.4) is 0 Å². The minimum atomic E-state index is -5.45. The Hall–Kier alpha value is -1.68. The molecule has 0 bridgehead atoms. The van der Waals surface area contributed by atoms with Gasteiger partial charge in [0.15, 0.2) is 0 Å². The van der Waals surface area contributed by atoms with Crippen molar-refractivity contribution < 1.29 is 26.7 Å². The van der Waals surface area contributed by atoms with E-state index < -0.39 is 18.5 Å². The highest BCUT2D eigenvalue weighted by molar-refractivity contribution is 7.99. The molecule has 1 saturated heterocycles. The summed E-state index contributed by atoms with van der Waals surface area (Å²) in [4.78, 5) is 13.6. The Morgan fingerprint density at radius 2 is 1.64 bits per heavy atom. The van der Waals surface area contributed by atoms with Crippen LogP contribution in [0.1, 0.15) is 165 Å². The molecule has 10 heteroatoms. The molecule has 2 aliphatic carbocycles. The van der Waals surface area contributed by atoms with Crippen molar-refractivity contribution in [2.24, 2.45) is 23.2 Å². The average molecular weight is 798 g/mol. The van der Waals surface area contributed by atoms with Crippen LogP contribution in [0, 0.1) is 28.6 Å². The molecule has 0 radical (unpaired) electrons. The number of rotatable bonds is 26. The van der Waals surface area contributed by atoms with Gasteiger partial charge in [0.25, 0.3) is 0 Å². The Bertz CT molecular complexity index is 1270. The molecule has 4 unspecified atom stereocenters. The fourth-order valence-corrected chi connectivity index (χ4v) is 11.4. The van der Waals surface area contributed by atoms with Crippen LogP contribution in [-0.4, -0.2) is 66.8 Å². The molecule has 2 N–H and O–H groups in total. The Kier molecular flexibility index (Phi) is 19.3. The van der Waals surface area contributed by atoms with E-state index in [2.05, 4.69) is 42.3 Å². The zero-order valence-electron chi connectivity index (χ0n) is 34.0.